The first-order valence-corrected chi connectivity index (χ1v) is 8.74. The number of rotatable bonds is 6. The lowest BCUT2D eigenvalue weighted by Gasteiger charge is -2.30. The maximum Gasteiger partial charge on any atom is 0.287 e. The second kappa shape index (κ2) is 8.07. The van der Waals surface area contributed by atoms with Crippen LogP contribution in [0.5, 0.6) is 0 Å². The Morgan fingerprint density at radius 3 is 2.44 bits per heavy atom. The number of piperidine rings is 1. The summed E-state index contributed by atoms with van der Waals surface area (Å²) in [4.78, 5) is 16.8. The normalized spacial score (nSPS) is 15.9. The zero-order valence-corrected chi connectivity index (χ0v) is 14.5. The number of benzene rings is 1. The van der Waals surface area contributed by atoms with E-state index in [2.05, 4.69) is 46.4 Å². The van der Waals surface area contributed by atoms with Crippen molar-refractivity contribution in [3.63, 3.8) is 0 Å². The Labute approximate surface area is 148 Å². The highest BCUT2D eigenvalue weighted by atomic mass is 16.6. The van der Waals surface area contributed by atoms with Crippen LogP contribution in [0.4, 0.5) is 11.5 Å². The molecule has 1 aromatic heterocycles. The van der Waals surface area contributed by atoms with Crippen molar-refractivity contribution in [1.82, 2.24) is 9.88 Å². The van der Waals surface area contributed by atoms with Crippen LogP contribution < -0.4 is 5.32 Å². The van der Waals surface area contributed by atoms with Crippen LogP contribution in [0.2, 0.25) is 0 Å². The first-order valence-electron chi connectivity index (χ1n) is 8.74. The van der Waals surface area contributed by atoms with Gasteiger partial charge in [0.05, 0.1) is 4.92 Å². The standard InChI is InChI=1S/C19H24N4O2/c1-15-8-10-22(11-9-15)14-17-4-2-16(3-5-17)12-20-19-7-6-18(13-21-19)23(24)25/h2-7,13,15H,8-12,14H2,1H3,(H,20,21). The lowest BCUT2D eigenvalue weighted by Crippen LogP contribution is -2.32. The molecule has 1 N–H and O–H groups in total. The topological polar surface area (TPSA) is 71.3 Å². The van der Waals surface area contributed by atoms with E-state index in [1.165, 1.54) is 43.8 Å². The summed E-state index contributed by atoms with van der Waals surface area (Å²) in [6.07, 6.45) is 3.86. The van der Waals surface area contributed by atoms with Gasteiger partial charge in [0.1, 0.15) is 12.0 Å². The fourth-order valence-electron chi connectivity index (χ4n) is 3.03. The van der Waals surface area contributed by atoms with E-state index in [1.807, 2.05) is 0 Å². The number of nitro groups is 1. The van der Waals surface area contributed by atoms with Crippen LogP contribution in [0.1, 0.15) is 30.9 Å². The van der Waals surface area contributed by atoms with Gasteiger partial charge < -0.3 is 5.32 Å². The maximum atomic E-state index is 10.6. The molecule has 1 fully saturated rings. The molecule has 0 atom stereocenters. The molecule has 0 saturated carbocycles. The van der Waals surface area contributed by atoms with Gasteiger partial charge in [-0.25, -0.2) is 4.98 Å². The molecule has 2 aromatic rings. The second-order valence-electron chi connectivity index (χ2n) is 6.79. The van der Waals surface area contributed by atoms with E-state index in [0.29, 0.717) is 12.4 Å². The monoisotopic (exact) mass is 340 g/mol. The summed E-state index contributed by atoms with van der Waals surface area (Å²) in [5, 5.41) is 13.8. The molecule has 1 aliphatic rings. The van der Waals surface area contributed by atoms with Crippen LogP contribution in [-0.2, 0) is 13.1 Å². The van der Waals surface area contributed by atoms with Crippen LogP contribution in [0, 0.1) is 16.0 Å². The van der Waals surface area contributed by atoms with Gasteiger partial charge in [0.25, 0.3) is 5.69 Å². The molecule has 0 radical (unpaired) electrons. The molecule has 1 aromatic carbocycles. The zero-order chi connectivity index (χ0) is 17.6. The Balaban J connectivity index is 1.49. The summed E-state index contributed by atoms with van der Waals surface area (Å²) >= 11 is 0. The SMILES string of the molecule is CC1CCN(Cc2ccc(CNc3ccc([N+](=O)[O-])cn3)cc2)CC1. The van der Waals surface area contributed by atoms with Crippen LogP contribution >= 0.6 is 0 Å². The molecule has 132 valence electrons. The Morgan fingerprint density at radius 1 is 1.16 bits per heavy atom. The molecule has 6 heteroatoms. The zero-order valence-electron chi connectivity index (χ0n) is 14.5. The summed E-state index contributed by atoms with van der Waals surface area (Å²) in [5.41, 5.74) is 2.50. The van der Waals surface area contributed by atoms with E-state index in [1.54, 1.807) is 6.07 Å². The Bertz CT molecular complexity index is 692. The predicted molar refractivity (Wildman–Crippen MR) is 98.3 cm³/mol. The molecular formula is C19H24N4O2. The molecule has 1 aliphatic heterocycles. The molecule has 0 bridgehead atoms. The van der Waals surface area contributed by atoms with Gasteiger partial charge in [-0.3, -0.25) is 15.0 Å². The average molecular weight is 340 g/mol. The van der Waals surface area contributed by atoms with Gasteiger partial charge in [0, 0.05) is 19.2 Å². The van der Waals surface area contributed by atoms with Crippen molar-refractivity contribution in [2.75, 3.05) is 18.4 Å². The molecular weight excluding hydrogens is 316 g/mol. The van der Waals surface area contributed by atoms with E-state index in [9.17, 15) is 10.1 Å². The fourth-order valence-corrected chi connectivity index (χ4v) is 3.03. The molecule has 3 rings (SSSR count). The Morgan fingerprint density at radius 2 is 1.84 bits per heavy atom. The number of hydrogen-bond donors (Lipinski definition) is 1. The molecule has 0 unspecified atom stereocenters. The number of likely N-dealkylation sites (tertiary alicyclic amines) is 1. The largest absolute Gasteiger partial charge is 0.366 e. The van der Waals surface area contributed by atoms with E-state index in [4.69, 9.17) is 0 Å². The van der Waals surface area contributed by atoms with Crippen molar-refractivity contribution < 1.29 is 4.92 Å². The van der Waals surface area contributed by atoms with Gasteiger partial charge in [-0.05, 0) is 49.0 Å². The van der Waals surface area contributed by atoms with Crippen molar-refractivity contribution in [2.24, 2.45) is 5.92 Å². The highest BCUT2D eigenvalue weighted by Gasteiger charge is 2.15. The number of hydrogen-bond acceptors (Lipinski definition) is 5. The summed E-state index contributed by atoms with van der Waals surface area (Å²) < 4.78 is 0. The first-order chi connectivity index (χ1) is 12.1. The lowest BCUT2D eigenvalue weighted by molar-refractivity contribution is -0.385. The lowest BCUT2D eigenvalue weighted by atomic mass is 9.99. The highest BCUT2D eigenvalue weighted by molar-refractivity contribution is 5.40. The molecule has 0 amide bonds. The van der Waals surface area contributed by atoms with E-state index in [-0.39, 0.29) is 5.69 Å². The van der Waals surface area contributed by atoms with E-state index in [0.717, 1.165) is 18.0 Å². The molecule has 25 heavy (non-hydrogen) atoms. The van der Waals surface area contributed by atoms with Crippen molar-refractivity contribution in [1.29, 1.82) is 0 Å². The third kappa shape index (κ3) is 5.00. The highest BCUT2D eigenvalue weighted by Crippen LogP contribution is 2.18. The molecule has 1 saturated heterocycles. The summed E-state index contributed by atoms with van der Waals surface area (Å²) in [6.45, 7) is 6.38. The quantitative estimate of drug-likeness (QED) is 0.639. The number of pyridine rings is 1. The van der Waals surface area contributed by atoms with Crippen molar-refractivity contribution in [3.8, 4) is 0 Å². The maximum absolute atomic E-state index is 10.6. The summed E-state index contributed by atoms with van der Waals surface area (Å²) in [7, 11) is 0. The van der Waals surface area contributed by atoms with Gasteiger partial charge in [-0.15, -0.1) is 0 Å². The number of nitrogens with one attached hydrogen (secondary N) is 1. The van der Waals surface area contributed by atoms with E-state index < -0.39 is 4.92 Å². The predicted octanol–water partition coefficient (Wildman–Crippen LogP) is 3.83. The number of nitrogens with zero attached hydrogens (tertiary/aromatic N) is 3. The fraction of sp³-hybridized carbons (Fsp3) is 0.421. The molecule has 0 aliphatic carbocycles. The van der Waals surface area contributed by atoms with Gasteiger partial charge in [0.2, 0.25) is 0 Å². The average Bonchev–Trinajstić information content (AvgIpc) is 2.63. The first kappa shape index (κ1) is 17.4. The van der Waals surface area contributed by atoms with Crippen LogP contribution in [0.15, 0.2) is 42.6 Å². The van der Waals surface area contributed by atoms with Crippen LogP contribution in [0.25, 0.3) is 0 Å². The molecule has 0 spiro atoms. The Kier molecular flexibility index (Phi) is 5.60. The van der Waals surface area contributed by atoms with Gasteiger partial charge in [0.15, 0.2) is 0 Å². The van der Waals surface area contributed by atoms with Crippen molar-refractivity contribution >= 4 is 11.5 Å². The van der Waals surface area contributed by atoms with Crippen molar-refractivity contribution in [2.45, 2.75) is 32.9 Å². The number of anilines is 1. The van der Waals surface area contributed by atoms with Crippen LogP contribution in [0.3, 0.4) is 0 Å². The molecule has 6 nitrogen and oxygen atoms in total. The van der Waals surface area contributed by atoms with Crippen molar-refractivity contribution in [3.05, 3.63) is 63.8 Å². The van der Waals surface area contributed by atoms with Crippen LogP contribution in [-0.4, -0.2) is 27.9 Å². The summed E-state index contributed by atoms with van der Waals surface area (Å²) in [6, 6.07) is 11.7. The third-order valence-corrected chi connectivity index (χ3v) is 4.74. The Hall–Kier alpha value is -2.47. The summed E-state index contributed by atoms with van der Waals surface area (Å²) in [5.74, 6) is 1.50. The smallest absolute Gasteiger partial charge is 0.287 e. The minimum atomic E-state index is -0.446. The number of aromatic nitrogens is 1. The van der Waals surface area contributed by atoms with Gasteiger partial charge in [-0.1, -0.05) is 31.2 Å². The van der Waals surface area contributed by atoms with Gasteiger partial charge >= 0.3 is 0 Å². The minimum absolute atomic E-state index is 0.00186. The van der Waals surface area contributed by atoms with Gasteiger partial charge in [-0.2, -0.15) is 0 Å². The van der Waals surface area contributed by atoms with E-state index >= 15 is 0 Å². The minimum Gasteiger partial charge on any atom is -0.366 e. The third-order valence-electron chi connectivity index (χ3n) is 4.74. The second-order valence-corrected chi connectivity index (χ2v) is 6.79. The molecule has 2 heterocycles.